The number of carbonyl (C=O) groups is 1. The molecule has 0 aliphatic rings. The summed E-state index contributed by atoms with van der Waals surface area (Å²) in [4.78, 5) is 16.3. The second kappa shape index (κ2) is 4.75. The monoisotopic (exact) mass is 336 g/mol. The average Bonchev–Trinajstić information content (AvgIpc) is 2.81. The van der Waals surface area contributed by atoms with Gasteiger partial charge in [-0.25, -0.2) is 13.8 Å². The molecule has 1 aromatic carbocycles. The van der Waals surface area contributed by atoms with Gasteiger partial charge in [0, 0.05) is 16.7 Å². The third-order valence-corrected chi connectivity index (χ3v) is 3.16. The van der Waals surface area contributed by atoms with Gasteiger partial charge < -0.3 is 0 Å². The molecule has 0 saturated heterocycles. The highest BCUT2D eigenvalue weighted by Gasteiger charge is 2.23. The number of aromatic nitrogens is 3. The number of fused-ring (bicyclic) bond motifs is 1. The van der Waals surface area contributed by atoms with Gasteiger partial charge in [0.05, 0.1) is 10.9 Å². The van der Waals surface area contributed by atoms with E-state index in [1.807, 2.05) is 0 Å². The molecule has 4 nitrogen and oxygen atoms in total. The molecule has 2 heterocycles. The summed E-state index contributed by atoms with van der Waals surface area (Å²) < 4.78 is 27.8. The van der Waals surface area contributed by atoms with Crippen LogP contribution in [0.25, 0.3) is 11.0 Å². The number of H-pyrrole nitrogens is 1. The Bertz CT molecular complexity index is 811. The fraction of sp³-hybridized carbons (Fsp3) is 0. The van der Waals surface area contributed by atoms with Crippen LogP contribution in [0.5, 0.6) is 0 Å². The number of rotatable bonds is 2. The van der Waals surface area contributed by atoms with Crippen molar-refractivity contribution in [2.24, 2.45) is 0 Å². The Balaban J connectivity index is 2.21. The molecule has 7 heteroatoms. The number of aromatic amines is 1. The van der Waals surface area contributed by atoms with Gasteiger partial charge in [0.1, 0.15) is 17.3 Å². The Morgan fingerprint density at radius 2 is 2.20 bits per heavy atom. The molecule has 0 saturated carbocycles. The molecule has 0 bridgehead atoms. The number of carbonyl (C=O) groups excluding carboxylic acids is 1. The number of nitrogens with zero attached hydrogens (tertiary/aromatic N) is 2. The molecule has 1 radical (unpaired) electrons. The van der Waals surface area contributed by atoms with E-state index in [-0.39, 0.29) is 5.69 Å². The lowest BCUT2D eigenvalue weighted by Crippen LogP contribution is -2.08. The van der Waals surface area contributed by atoms with Crippen LogP contribution < -0.4 is 0 Å². The van der Waals surface area contributed by atoms with Gasteiger partial charge in [-0.3, -0.25) is 9.89 Å². The first-order valence-corrected chi connectivity index (χ1v) is 6.27. The highest BCUT2D eigenvalue weighted by atomic mass is 79.9. The largest absolute Gasteiger partial charge is 0.287 e. The molecule has 0 unspecified atom stereocenters. The third kappa shape index (κ3) is 2.00. The minimum absolute atomic E-state index is 0.0915. The Morgan fingerprint density at radius 3 is 2.95 bits per heavy atom. The summed E-state index contributed by atoms with van der Waals surface area (Å²) in [5.74, 6) is -2.86. The average molecular weight is 337 g/mol. The van der Waals surface area contributed by atoms with E-state index in [2.05, 4.69) is 37.2 Å². The molecule has 0 atom stereocenters. The van der Waals surface area contributed by atoms with E-state index < -0.39 is 23.0 Å². The first kappa shape index (κ1) is 12.9. The minimum atomic E-state index is -1.05. The summed E-state index contributed by atoms with van der Waals surface area (Å²) in [6.45, 7) is 0. The van der Waals surface area contributed by atoms with Crippen molar-refractivity contribution < 1.29 is 13.6 Å². The van der Waals surface area contributed by atoms with E-state index in [4.69, 9.17) is 0 Å². The quantitative estimate of drug-likeness (QED) is 0.732. The maximum absolute atomic E-state index is 13.6. The minimum Gasteiger partial charge on any atom is -0.287 e. The van der Waals surface area contributed by atoms with Gasteiger partial charge in [-0.15, -0.1) is 0 Å². The van der Waals surface area contributed by atoms with E-state index in [0.717, 1.165) is 12.1 Å². The standard InChI is InChI=1S/C13H5BrF2N3O/c14-6-4-7-11(18-19-13(7)17-5-6)12(20)10-8(15)2-1-3-9(10)16/h1-2,4-5H,(H,17,18,19). The third-order valence-electron chi connectivity index (χ3n) is 2.72. The molecular formula is C13H5BrF2N3O. The van der Waals surface area contributed by atoms with Gasteiger partial charge in [0.15, 0.2) is 5.65 Å². The SMILES string of the molecule is O=C(c1c(F)[c]ccc1F)c1n[nH]c2ncc(Br)cc12. The number of hydrogen-bond acceptors (Lipinski definition) is 3. The fourth-order valence-corrected chi connectivity index (χ4v) is 2.16. The highest BCUT2D eigenvalue weighted by molar-refractivity contribution is 9.10. The van der Waals surface area contributed by atoms with Gasteiger partial charge in [-0.1, -0.05) is 0 Å². The molecule has 0 amide bonds. The number of hydrogen-bond donors (Lipinski definition) is 1. The van der Waals surface area contributed by atoms with Crippen LogP contribution in [-0.4, -0.2) is 21.0 Å². The fourth-order valence-electron chi connectivity index (χ4n) is 1.83. The van der Waals surface area contributed by atoms with Crippen molar-refractivity contribution in [1.82, 2.24) is 15.2 Å². The van der Waals surface area contributed by atoms with Crippen molar-refractivity contribution in [3.8, 4) is 0 Å². The van der Waals surface area contributed by atoms with Crippen LogP contribution in [0, 0.1) is 17.7 Å². The predicted molar refractivity (Wildman–Crippen MR) is 70.2 cm³/mol. The summed E-state index contributed by atoms with van der Waals surface area (Å²) in [6.07, 6.45) is 1.52. The van der Waals surface area contributed by atoms with Gasteiger partial charge in [-0.05, 0) is 34.1 Å². The summed E-state index contributed by atoms with van der Waals surface area (Å²) >= 11 is 3.22. The van der Waals surface area contributed by atoms with E-state index in [9.17, 15) is 13.6 Å². The van der Waals surface area contributed by atoms with E-state index in [1.165, 1.54) is 6.20 Å². The molecule has 3 aromatic rings. The lowest BCUT2D eigenvalue weighted by atomic mass is 10.1. The molecule has 99 valence electrons. The molecule has 1 N–H and O–H groups in total. The van der Waals surface area contributed by atoms with Crippen LogP contribution >= 0.6 is 15.9 Å². The normalized spacial score (nSPS) is 10.9. The Kier molecular flexibility index (Phi) is 3.06. The zero-order valence-electron chi connectivity index (χ0n) is 9.75. The summed E-state index contributed by atoms with van der Waals surface area (Å²) in [5.41, 5.74) is -0.413. The number of pyridine rings is 1. The van der Waals surface area contributed by atoms with Crippen LogP contribution in [-0.2, 0) is 0 Å². The van der Waals surface area contributed by atoms with Crippen molar-refractivity contribution in [1.29, 1.82) is 0 Å². The molecule has 2 aromatic heterocycles. The summed E-state index contributed by atoms with van der Waals surface area (Å²) in [7, 11) is 0. The van der Waals surface area contributed by atoms with E-state index in [0.29, 0.717) is 15.5 Å². The topological polar surface area (TPSA) is 58.6 Å². The number of benzene rings is 1. The van der Waals surface area contributed by atoms with Gasteiger partial charge >= 0.3 is 0 Å². The molecule has 0 spiro atoms. The van der Waals surface area contributed by atoms with Crippen molar-refractivity contribution in [2.45, 2.75) is 0 Å². The van der Waals surface area contributed by atoms with E-state index in [1.54, 1.807) is 6.07 Å². The molecule has 0 aliphatic carbocycles. The Hall–Kier alpha value is -2.15. The molecule has 0 aliphatic heterocycles. The van der Waals surface area contributed by atoms with Crippen molar-refractivity contribution >= 4 is 32.7 Å². The first-order valence-electron chi connectivity index (χ1n) is 5.48. The molecule has 0 fully saturated rings. The lowest BCUT2D eigenvalue weighted by Gasteiger charge is -2.01. The Morgan fingerprint density at radius 1 is 1.40 bits per heavy atom. The van der Waals surface area contributed by atoms with Crippen LogP contribution in [0.15, 0.2) is 28.9 Å². The summed E-state index contributed by atoms with van der Waals surface area (Å²) in [5, 5.41) is 6.72. The highest BCUT2D eigenvalue weighted by Crippen LogP contribution is 2.23. The lowest BCUT2D eigenvalue weighted by molar-refractivity contribution is 0.102. The van der Waals surface area contributed by atoms with Crippen molar-refractivity contribution in [3.05, 3.63) is 57.8 Å². The van der Waals surface area contributed by atoms with Crippen LogP contribution in [0.2, 0.25) is 0 Å². The van der Waals surface area contributed by atoms with Crippen LogP contribution in [0.1, 0.15) is 16.1 Å². The Labute approximate surface area is 120 Å². The zero-order valence-corrected chi connectivity index (χ0v) is 11.3. The second-order valence-corrected chi connectivity index (χ2v) is 4.88. The van der Waals surface area contributed by atoms with E-state index >= 15 is 0 Å². The van der Waals surface area contributed by atoms with Gasteiger partial charge in [-0.2, -0.15) is 5.10 Å². The van der Waals surface area contributed by atoms with Gasteiger partial charge in [0.2, 0.25) is 5.78 Å². The number of ketones is 1. The number of nitrogens with one attached hydrogen (secondary N) is 1. The van der Waals surface area contributed by atoms with Gasteiger partial charge in [0.25, 0.3) is 0 Å². The van der Waals surface area contributed by atoms with Crippen LogP contribution in [0.3, 0.4) is 0 Å². The van der Waals surface area contributed by atoms with Crippen molar-refractivity contribution in [3.63, 3.8) is 0 Å². The predicted octanol–water partition coefficient (Wildman–Crippen LogP) is 3.03. The first-order chi connectivity index (χ1) is 9.58. The smallest absolute Gasteiger partial charge is 0.219 e. The van der Waals surface area contributed by atoms with Crippen LogP contribution in [0.4, 0.5) is 8.78 Å². The second-order valence-electron chi connectivity index (χ2n) is 3.97. The zero-order chi connectivity index (χ0) is 14.3. The maximum atomic E-state index is 13.6. The summed E-state index contributed by atoms with van der Waals surface area (Å²) in [6, 6.07) is 5.79. The number of halogens is 3. The molecule has 20 heavy (non-hydrogen) atoms. The van der Waals surface area contributed by atoms with Crippen molar-refractivity contribution in [2.75, 3.05) is 0 Å². The molecular weight excluding hydrogens is 332 g/mol. The molecule has 3 rings (SSSR count). The maximum Gasteiger partial charge on any atom is 0.219 e.